The maximum atomic E-state index is 5.70. The molecule has 4 nitrogen and oxygen atoms in total. The van der Waals surface area contributed by atoms with Crippen LogP contribution < -0.4 is 10.6 Å². The number of halogens is 1. The topological polar surface area (TPSA) is 45.7 Å². The van der Waals surface area contributed by atoms with Gasteiger partial charge in [-0.25, -0.2) is 0 Å². The Morgan fingerprint density at radius 1 is 1.17 bits per heavy atom. The molecule has 0 bridgehead atoms. The zero-order valence-corrected chi connectivity index (χ0v) is 17.1. The highest BCUT2D eigenvalue weighted by Gasteiger charge is 2.15. The van der Waals surface area contributed by atoms with E-state index in [1.807, 2.05) is 18.2 Å². The minimum atomic E-state index is 0. The second-order valence-electron chi connectivity index (χ2n) is 6.13. The molecule has 1 fully saturated rings. The maximum absolute atomic E-state index is 5.70. The summed E-state index contributed by atoms with van der Waals surface area (Å²) in [6, 6.07) is 10.9. The molecule has 0 aromatic heterocycles. The largest absolute Gasteiger partial charge is 0.377 e. The van der Waals surface area contributed by atoms with Crippen LogP contribution in [0.2, 0.25) is 0 Å². The first kappa shape index (κ1) is 21.2. The average molecular weight is 445 g/mol. The Balaban J connectivity index is 0.00000288. The third-order valence-electron chi connectivity index (χ3n) is 4.12. The molecule has 5 heteroatoms. The molecule has 0 atom stereocenters. The summed E-state index contributed by atoms with van der Waals surface area (Å²) in [7, 11) is 0. The van der Waals surface area contributed by atoms with Gasteiger partial charge in [-0.15, -0.1) is 24.0 Å². The van der Waals surface area contributed by atoms with Crippen molar-refractivity contribution in [3.8, 4) is 0 Å². The average Bonchev–Trinajstić information content (AvgIpc) is 3.08. The van der Waals surface area contributed by atoms with Gasteiger partial charge in [0.2, 0.25) is 0 Å². The summed E-state index contributed by atoms with van der Waals surface area (Å²) in [5, 5.41) is 6.89. The van der Waals surface area contributed by atoms with Gasteiger partial charge >= 0.3 is 0 Å². The molecule has 0 radical (unpaired) electrons. The molecular formula is C19H32IN3O. The van der Waals surface area contributed by atoms with Crippen molar-refractivity contribution in [3.05, 3.63) is 35.9 Å². The van der Waals surface area contributed by atoms with Crippen LogP contribution in [-0.4, -0.2) is 31.7 Å². The molecule has 0 heterocycles. The number of nitrogens with zero attached hydrogens (tertiary/aromatic N) is 1. The van der Waals surface area contributed by atoms with Crippen LogP contribution in [0.25, 0.3) is 0 Å². The van der Waals surface area contributed by atoms with Crippen LogP contribution in [0.3, 0.4) is 0 Å². The predicted octanol–water partition coefficient (Wildman–Crippen LogP) is 4.10. The molecule has 136 valence electrons. The van der Waals surface area contributed by atoms with Gasteiger partial charge in [0.05, 0.1) is 6.61 Å². The Morgan fingerprint density at radius 3 is 2.62 bits per heavy atom. The number of unbranched alkanes of at least 4 members (excludes halogenated alkanes) is 1. The second kappa shape index (κ2) is 13.5. The van der Waals surface area contributed by atoms with Crippen LogP contribution in [0.1, 0.15) is 51.0 Å². The standard InChI is InChI=1S/C19H31N3O.HI/c1-2-20-19(22-18-12-6-7-13-18)21-14-8-9-15-23-16-17-10-4-3-5-11-17;/h3-5,10-11,18H,2,6-9,12-16H2,1H3,(H2,20,21,22);1H. The molecule has 2 rings (SSSR count). The van der Waals surface area contributed by atoms with Gasteiger partial charge in [-0.1, -0.05) is 43.2 Å². The summed E-state index contributed by atoms with van der Waals surface area (Å²) in [5.41, 5.74) is 1.24. The lowest BCUT2D eigenvalue weighted by Gasteiger charge is -2.16. The van der Waals surface area contributed by atoms with Crippen molar-refractivity contribution in [2.24, 2.45) is 4.99 Å². The van der Waals surface area contributed by atoms with Crippen LogP contribution in [0.15, 0.2) is 35.3 Å². The fourth-order valence-electron chi connectivity index (χ4n) is 2.85. The fraction of sp³-hybridized carbons (Fsp3) is 0.632. The molecule has 0 unspecified atom stereocenters. The number of aliphatic imine (C=N–C) groups is 1. The molecule has 0 amide bonds. The molecule has 1 aliphatic rings. The van der Waals surface area contributed by atoms with Gasteiger partial charge in [-0.05, 0) is 38.2 Å². The zero-order chi connectivity index (χ0) is 16.2. The summed E-state index contributed by atoms with van der Waals surface area (Å²) < 4.78 is 5.70. The fourth-order valence-corrected chi connectivity index (χ4v) is 2.85. The highest BCUT2D eigenvalue weighted by atomic mass is 127. The highest BCUT2D eigenvalue weighted by Crippen LogP contribution is 2.17. The van der Waals surface area contributed by atoms with E-state index in [1.54, 1.807) is 0 Å². The lowest BCUT2D eigenvalue weighted by Crippen LogP contribution is -2.42. The maximum Gasteiger partial charge on any atom is 0.191 e. The number of hydrogen-bond donors (Lipinski definition) is 2. The quantitative estimate of drug-likeness (QED) is 0.261. The monoisotopic (exact) mass is 445 g/mol. The van der Waals surface area contributed by atoms with E-state index in [0.29, 0.717) is 12.6 Å². The SMILES string of the molecule is CCNC(=NCCCCOCc1ccccc1)NC1CCCC1.I. The molecule has 0 spiro atoms. The summed E-state index contributed by atoms with van der Waals surface area (Å²) in [6.07, 6.45) is 7.36. The number of rotatable bonds is 9. The molecule has 2 N–H and O–H groups in total. The minimum Gasteiger partial charge on any atom is -0.377 e. The highest BCUT2D eigenvalue weighted by molar-refractivity contribution is 14.0. The van der Waals surface area contributed by atoms with E-state index < -0.39 is 0 Å². The van der Waals surface area contributed by atoms with Crippen LogP contribution in [0.4, 0.5) is 0 Å². The van der Waals surface area contributed by atoms with Crippen molar-refractivity contribution in [2.75, 3.05) is 19.7 Å². The Labute approximate surface area is 163 Å². The third kappa shape index (κ3) is 8.87. The van der Waals surface area contributed by atoms with Crippen molar-refractivity contribution in [1.82, 2.24) is 10.6 Å². The first-order chi connectivity index (χ1) is 11.4. The molecule has 1 aromatic rings. The Hall–Kier alpha value is -0.820. The zero-order valence-electron chi connectivity index (χ0n) is 14.8. The Kier molecular flexibility index (Phi) is 11.9. The second-order valence-corrected chi connectivity index (χ2v) is 6.13. The summed E-state index contributed by atoms with van der Waals surface area (Å²) in [4.78, 5) is 4.67. The predicted molar refractivity (Wildman–Crippen MR) is 112 cm³/mol. The van der Waals surface area contributed by atoms with Gasteiger partial charge in [0.1, 0.15) is 0 Å². The summed E-state index contributed by atoms with van der Waals surface area (Å²) in [6.45, 7) is 5.39. The van der Waals surface area contributed by atoms with Crippen LogP contribution in [-0.2, 0) is 11.3 Å². The minimum absolute atomic E-state index is 0. The first-order valence-corrected chi connectivity index (χ1v) is 9.05. The molecule has 1 aromatic carbocycles. The number of nitrogens with one attached hydrogen (secondary N) is 2. The smallest absolute Gasteiger partial charge is 0.191 e. The van der Waals surface area contributed by atoms with Crippen molar-refractivity contribution >= 4 is 29.9 Å². The Bertz CT molecular complexity index is 447. The van der Waals surface area contributed by atoms with Crippen molar-refractivity contribution in [1.29, 1.82) is 0 Å². The number of hydrogen-bond acceptors (Lipinski definition) is 2. The molecule has 1 aliphatic carbocycles. The van der Waals surface area contributed by atoms with E-state index >= 15 is 0 Å². The lowest BCUT2D eigenvalue weighted by atomic mass is 10.2. The summed E-state index contributed by atoms with van der Waals surface area (Å²) >= 11 is 0. The van der Waals surface area contributed by atoms with Gasteiger partial charge < -0.3 is 15.4 Å². The Morgan fingerprint density at radius 2 is 1.92 bits per heavy atom. The van der Waals surface area contributed by atoms with Gasteiger partial charge in [0, 0.05) is 25.7 Å². The molecule has 1 saturated carbocycles. The summed E-state index contributed by atoms with van der Waals surface area (Å²) in [5.74, 6) is 0.976. The van der Waals surface area contributed by atoms with Crippen molar-refractivity contribution in [3.63, 3.8) is 0 Å². The van der Waals surface area contributed by atoms with E-state index in [1.165, 1.54) is 31.2 Å². The molecule has 24 heavy (non-hydrogen) atoms. The van der Waals surface area contributed by atoms with E-state index in [9.17, 15) is 0 Å². The molecule has 0 saturated heterocycles. The number of guanidine groups is 1. The van der Waals surface area contributed by atoms with Crippen molar-refractivity contribution in [2.45, 2.75) is 58.1 Å². The third-order valence-corrected chi connectivity index (χ3v) is 4.12. The number of ether oxygens (including phenoxy) is 1. The normalized spacial score (nSPS) is 15.1. The first-order valence-electron chi connectivity index (χ1n) is 9.05. The van der Waals surface area contributed by atoms with E-state index in [0.717, 1.165) is 38.5 Å². The van der Waals surface area contributed by atoms with E-state index in [4.69, 9.17) is 4.74 Å². The van der Waals surface area contributed by atoms with E-state index in [2.05, 4.69) is 34.7 Å². The van der Waals surface area contributed by atoms with Crippen LogP contribution in [0.5, 0.6) is 0 Å². The van der Waals surface area contributed by atoms with Crippen LogP contribution in [0, 0.1) is 0 Å². The van der Waals surface area contributed by atoms with Gasteiger partial charge in [-0.2, -0.15) is 0 Å². The van der Waals surface area contributed by atoms with Crippen LogP contribution >= 0.6 is 24.0 Å². The van der Waals surface area contributed by atoms with Gasteiger partial charge in [0.25, 0.3) is 0 Å². The van der Waals surface area contributed by atoms with Crippen molar-refractivity contribution < 1.29 is 4.74 Å². The van der Waals surface area contributed by atoms with E-state index in [-0.39, 0.29) is 24.0 Å². The van der Waals surface area contributed by atoms with Gasteiger partial charge in [0.15, 0.2) is 5.96 Å². The van der Waals surface area contributed by atoms with Gasteiger partial charge in [-0.3, -0.25) is 4.99 Å². The molecule has 0 aliphatic heterocycles. The molecular weight excluding hydrogens is 413 g/mol. The number of benzene rings is 1. The lowest BCUT2D eigenvalue weighted by molar-refractivity contribution is 0.117.